The van der Waals surface area contributed by atoms with Gasteiger partial charge in [-0.25, -0.2) is 9.78 Å². The fraction of sp³-hybridized carbons (Fsp3) is 0.571. The lowest BCUT2D eigenvalue weighted by Crippen LogP contribution is -2.58. The number of pyridine rings is 1. The van der Waals surface area contributed by atoms with Crippen molar-refractivity contribution in [2.24, 2.45) is 5.41 Å². The van der Waals surface area contributed by atoms with Crippen LogP contribution in [0.4, 0.5) is 5.69 Å². The van der Waals surface area contributed by atoms with Crippen molar-refractivity contribution >= 4 is 11.7 Å². The Morgan fingerprint density at radius 3 is 2.95 bits per heavy atom. The Bertz CT molecular complexity index is 474. The van der Waals surface area contributed by atoms with Crippen LogP contribution in [0.2, 0.25) is 0 Å². The third-order valence-corrected chi connectivity index (χ3v) is 3.87. The van der Waals surface area contributed by atoms with E-state index < -0.39 is 5.97 Å². The molecular weight excluding hydrogens is 244 g/mol. The molecule has 2 atom stereocenters. The smallest absolute Gasteiger partial charge is 0.354 e. The molecule has 0 aromatic carbocycles. The van der Waals surface area contributed by atoms with Gasteiger partial charge >= 0.3 is 5.97 Å². The van der Waals surface area contributed by atoms with Crippen molar-refractivity contribution in [2.45, 2.75) is 39.3 Å². The van der Waals surface area contributed by atoms with Crippen molar-refractivity contribution in [3.8, 4) is 0 Å². The van der Waals surface area contributed by atoms with Crippen molar-refractivity contribution < 1.29 is 14.6 Å². The summed E-state index contributed by atoms with van der Waals surface area (Å²) in [6.45, 7) is 7.04. The number of ether oxygens (including phenoxy) is 1. The Balaban J connectivity index is 2.03. The lowest BCUT2D eigenvalue weighted by Gasteiger charge is -2.52. The fourth-order valence-corrected chi connectivity index (χ4v) is 2.45. The van der Waals surface area contributed by atoms with Crippen LogP contribution >= 0.6 is 0 Å². The molecule has 1 aromatic heterocycles. The van der Waals surface area contributed by atoms with Gasteiger partial charge in [-0.3, -0.25) is 0 Å². The van der Waals surface area contributed by atoms with Gasteiger partial charge in [0.25, 0.3) is 0 Å². The summed E-state index contributed by atoms with van der Waals surface area (Å²) in [5.41, 5.74) is 0.895. The third-order valence-electron chi connectivity index (χ3n) is 3.87. The van der Waals surface area contributed by atoms with E-state index in [1.807, 2.05) is 6.92 Å². The lowest BCUT2D eigenvalue weighted by molar-refractivity contribution is -0.0975. The zero-order valence-corrected chi connectivity index (χ0v) is 11.5. The summed E-state index contributed by atoms with van der Waals surface area (Å²) in [6, 6.07) is 3.64. The standard InChI is InChI=1S/C14H20N2O3/c1-4-19-12-8-11(14(12,2)3)16-9-5-6-15-10(7-9)13(17)18/h5-7,11-12H,4,8H2,1-3H3,(H,15,16)(H,17,18). The number of carboxylic acids is 1. The Labute approximate surface area is 113 Å². The van der Waals surface area contributed by atoms with Gasteiger partial charge in [0.2, 0.25) is 0 Å². The molecule has 1 saturated carbocycles. The number of hydrogen-bond acceptors (Lipinski definition) is 4. The maximum atomic E-state index is 10.9. The summed E-state index contributed by atoms with van der Waals surface area (Å²) >= 11 is 0. The van der Waals surface area contributed by atoms with Crippen molar-refractivity contribution in [1.82, 2.24) is 4.98 Å². The number of anilines is 1. The van der Waals surface area contributed by atoms with Gasteiger partial charge in [0.1, 0.15) is 5.69 Å². The molecule has 0 saturated heterocycles. The molecule has 19 heavy (non-hydrogen) atoms. The minimum Gasteiger partial charge on any atom is -0.477 e. The minimum absolute atomic E-state index is 0.0443. The first kappa shape index (κ1) is 13.8. The molecule has 5 heteroatoms. The molecule has 0 spiro atoms. The van der Waals surface area contributed by atoms with Crippen LogP contribution < -0.4 is 5.32 Å². The average Bonchev–Trinajstić information content (AvgIpc) is 2.38. The van der Waals surface area contributed by atoms with Crippen molar-refractivity contribution in [1.29, 1.82) is 0 Å². The highest BCUT2D eigenvalue weighted by atomic mass is 16.5. The predicted molar refractivity (Wildman–Crippen MR) is 72.4 cm³/mol. The van der Waals surface area contributed by atoms with Gasteiger partial charge in [0.05, 0.1) is 6.10 Å². The SMILES string of the molecule is CCOC1CC(Nc2ccnc(C(=O)O)c2)C1(C)C. The summed E-state index contributed by atoms with van der Waals surface area (Å²) in [7, 11) is 0. The number of carbonyl (C=O) groups is 1. The zero-order valence-electron chi connectivity index (χ0n) is 11.5. The Morgan fingerprint density at radius 1 is 1.63 bits per heavy atom. The summed E-state index contributed by atoms with van der Waals surface area (Å²) in [5, 5.41) is 12.3. The van der Waals surface area contributed by atoms with Gasteiger partial charge in [0, 0.05) is 29.9 Å². The average molecular weight is 264 g/mol. The van der Waals surface area contributed by atoms with Crippen LogP contribution in [0.1, 0.15) is 37.7 Å². The molecule has 0 radical (unpaired) electrons. The molecule has 0 bridgehead atoms. The van der Waals surface area contributed by atoms with E-state index in [4.69, 9.17) is 9.84 Å². The molecule has 1 aliphatic rings. The summed E-state index contributed by atoms with van der Waals surface area (Å²) in [5.74, 6) is -1.01. The van der Waals surface area contributed by atoms with E-state index in [1.54, 1.807) is 12.1 Å². The van der Waals surface area contributed by atoms with Gasteiger partial charge in [0.15, 0.2) is 0 Å². The summed E-state index contributed by atoms with van der Waals surface area (Å²) < 4.78 is 5.68. The van der Waals surface area contributed by atoms with Crippen LogP contribution in [-0.2, 0) is 4.74 Å². The number of nitrogens with zero attached hydrogens (tertiary/aromatic N) is 1. The second-order valence-corrected chi connectivity index (χ2v) is 5.43. The second-order valence-electron chi connectivity index (χ2n) is 5.43. The maximum Gasteiger partial charge on any atom is 0.354 e. The summed E-state index contributed by atoms with van der Waals surface area (Å²) in [6.07, 6.45) is 2.71. The topological polar surface area (TPSA) is 71.5 Å². The van der Waals surface area contributed by atoms with Crippen LogP contribution in [0.15, 0.2) is 18.3 Å². The van der Waals surface area contributed by atoms with Crippen molar-refractivity contribution in [2.75, 3.05) is 11.9 Å². The fourth-order valence-electron chi connectivity index (χ4n) is 2.45. The largest absolute Gasteiger partial charge is 0.477 e. The molecule has 1 aliphatic carbocycles. The third kappa shape index (κ3) is 2.71. The molecule has 2 N–H and O–H groups in total. The maximum absolute atomic E-state index is 10.9. The van der Waals surface area contributed by atoms with Gasteiger partial charge in [-0.1, -0.05) is 13.8 Å². The van der Waals surface area contributed by atoms with E-state index in [1.165, 1.54) is 6.20 Å². The second kappa shape index (κ2) is 5.17. The van der Waals surface area contributed by atoms with Crippen LogP contribution in [0.5, 0.6) is 0 Å². The summed E-state index contributed by atoms with van der Waals surface area (Å²) in [4.78, 5) is 14.7. The Morgan fingerprint density at radius 2 is 2.37 bits per heavy atom. The molecule has 1 heterocycles. The number of rotatable bonds is 5. The van der Waals surface area contributed by atoms with E-state index in [0.29, 0.717) is 0 Å². The monoisotopic (exact) mass is 264 g/mol. The lowest BCUT2D eigenvalue weighted by atomic mass is 9.64. The Hall–Kier alpha value is -1.62. The molecular formula is C14H20N2O3. The van der Waals surface area contributed by atoms with E-state index in [-0.39, 0.29) is 23.3 Å². The van der Waals surface area contributed by atoms with Crippen LogP contribution in [0.25, 0.3) is 0 Å². The first-order valence-electron chi connectivity index (χ1n) is 6.52. The van der Waals surface area contributed by atoms with Crippen LogP contribution in [0, 0.1) is 5.41 Å². The molecule has 2 rings (SSSR count). The van der Waals surface area contributed by atoms with Crippen LogP contribution in [-0.4, -0.2) is 34.8 Å². The Kier molecular flexibility index (Phi) is 3.75. The highest BCUT2D eigenvalue weighted by Crippen LogP contribution is 2.44. The highest BCUT2D eigenvalue weighted by molar-refractivity contribution is 5.86. The predicted octanol–water partition coefficient (Wildman–Crippen LogP) is 2.40. The highest BCUT2D eigenvalue weighted by Gasteiger charge is 2.48. The van der Waals surface area contributed by atoms with Gasteiger partial charge in [-0.05, 0) is 25.5 Å². The molecule has 2 unspecified atom stereocenters. The number of nitrogens with one attached hydrogen (secondary N) is 1. The van der Waals surface area contributed by atoms with Crippen molar-refractivity contribution in [3.63, 3.8) is 0 Å². The normalized spacial score (nSPS) is 24.6. The number of aromatic nitrogens is 1. The molecule has 104 valence electrons. The van der Waals surface area contributed by atoms with E-state index in [9.17, 15) is 4.79 Å². The first-order valence-corrected chi connectivity index (χ1v) is 6.52. The molecule has 1 fully saturated rings. The van der Waals surface area contributed by atoms with E-state index in [2.05, 4.69) is 24.1 Å². The van der Waals surface area contributed by atoms with Gasteiger partial charge < -0.3 is 15.2 Å². The van der Waals surface area contributed by atoms with Gasteiger partial charge in [-0.15, -0.1) is 0 Å². The molecule has 0 amide bonds. The molecule has 5 nitrogen and oxygen atoms in total. The quantitative estimate of drug-likeness (QED) is 0.854. The van der Waals surface area contributed by atoms with E-state index >= 15 is 0 Å². The van der Waals surface area contributed by atoms with Crippen molar-refractivity contribution in [3.05, 3.63) is 24.0 Å². The number of hydrogen-bond donors (Lipinski definition) is 2. The van der Waals surface area contributed by atoms with E-state index in [0.717, 1.165) is 18.7 Å². The number of carboxylic acid groups (broad SMARTS) is 1. The number of aromatic carboxylic acids is 1. The molecule has 1 aromatic rings. The van der Waals surface area contributed by atoms with Crippen LogP contribution in [0.3, 0.4) is 0 Å². The minimum atomic E-state index is -1.01. The molecule has 0 aliphatic heterocycles. The first-order chi connectivity index (χ1) is 8.95. The van der Waals surface area contributed by atoms with Gasteiger partial charge in [-0.2, -0.15) is 0 Å². The zero-order chi connectivity index (χ0) is 14.0.